The van der Waals surface area contributed by atoms with E-state index in [0.717, 1.165) is 23.8 Å². The van der Waals surface area contributed by atoms with Crippen LogP contribution in [-0.2, 0) is 16.0 Å². The third-order valence-corrected chi connectivity index (χ3v) is 3.66. The van der Waals surface area contributed by atoms with Gasteiger partial charge in [0, 0.05) is 45.4 Å². The SMILES string of the molecule is COC1CN(Cc2nnsc2NN)CC1OC. The van der Waals surface area contributed by atoms with Gasteiger partial charge in [-0.15, -0.1) is 5.10 Å². The van der Waals surface area contributed by atoms with Gasteiger partial charge in [-0.3, -0.25) is 4.90 Å². The summed E-state index contributed by atoms with van der Waals surface area (Å²) in [4.78, 5) is 2.22. The van der Waals surface area contributed by atoms with E-state index in [1.54, 1.807) is 14.2 Å². The van der Waals surface area contributed by atoms with Crippen molar-refractivity contribution in [2.45, 2.75) is 18.8 Å². The number of likely N-dealkylation sites (tertiary alicyclic amines) is 1. The molecule has 3 N–H and O–H groups in total. The standard InChI is InChI=1S/C9H17N5O2S/c1-15-7-4-14(5-8(7)16-2)3-6-9(11-10)17-13-12-6/h7-8,11H,3-5,10H2,1-2H3. The highest BCUT2D eigenvalue weighted by Gasteiger charge is 2.33. The summed E-state index contributed by atoms with van der Waals surface area (Å²) in [6.07, 6.45) is 0.224. The van der Waals surface area contributed by atoms with Gasteiger partial charge in [-0.05, 0) is 0 Å². The van der Waals surface area contributed by atoms with Gasteiger partial charge in [-0.25, -0.2) is 5.84 Å². The van der Waals surface area contributed by atoms with Gasteiger partial charge in [-0.2, -0.15) is 0 Å². The van der Waals surface area contributed by atoms with Gasteiger partial charge in [0.05, 0.1) is 12.2 Å². The van der Waals surface area contributed by atoms with Gasteiger partial charge in [0.25, 0.3) is 0 Å². The van der Waals surface area contributed by atoms with Crippen LogP contribution in [0.5, 0.6) is 0 Å². The summed E-state index contributed by atoms with van der Waals surface area (Å²) in [5.41, 5.74) is 3.47. The molecular weight excluding hydrogens is 242 g/mol. The third-order valence-electron chi connectivity index (χ3n) is 2.96. The van der Waals surface area contributed by atoms with Gasteiger partial charge in [0.15, 0.2) is 0 Å². The van der Waals surface area contributed by atoms with Crippen molar-refractivity contribution in [3.05, 3.63) is 5.69 Å². The van der Waals surface area contributed by atoms with E-state index in [4.69, 9.17) is 15.3 Å². The Kier molecular flexibility index (Phi) is 4.24. The van der Waals surface area contributed by atoms with Crippen LogP contribution in [0.15, 0.2) is 0 Å². The Morgan fingerprint density at radius 2 is 2.06 bits per heavy atom. The molecule has 2 heterocycles. The number of methoxy groups -OCH3 is 2. The summed E-state index contributed by atoms with van der Waals surface area (Å²) in [5.74, 6) is 5.39. The van der Waals surface area contributed by atoms with Crippen LogP contribution in [0.2, 0.25) is 0 Å². The lowest BCUT2D eigenvalue weighted by molar-refractivity contribution is -0.00461. The highest BCUT2D eigenvalue weighted by molar-refractivity contribution is 7.10. The van der Waals surface area contributed by atoms with Crippen molar-refractivity contribution < 1.29 is 9.47 Å². The van der Waals surface area contributed by atoms with E-state index >= 15 is 0 Å². The average Bonchev–Trinajstić information content (AvgIpc) is 2.95. The van der Waals surface area contributed by atoms with E-state index in [2.05, 4.69) is 19.9 Å². The smallest absolute Gasteiger partial charge is 0.148 e. The maximum absolute atomic E-state index is 5.39. The number of hydrazine groups is 1. The van der Waals surface area contributed by atoms with Crippen LogP contribution in [0.3, 0.4) is 0 Å². The van der Waals surface area contributed by atoms with Crippen molar-refractivity contribution in [1.29, 1.82) is 0 Å². The van der Waals surface area contributed by atoms with Crippen LogP contribution in [0.25, 0.3) is 0 Å². The number of rotatable bonds is 5. The molecule has 8 heteroatoms. The number of nitrogens with zero attached hydrogens (tertiary/aromatic N) is 3. The number of nitrogens with one attached hydrogen (secondary N) is 1. The second-order valence-electron chi connectivity index (χ2n) is 3.94. The molecule has 1 saturated heterocycles. The molecule has 17 heavy (non-hydrogen) atoms. The lowest BCUT2D eigenvalue weighted by Gasteiger charge is -2.13. The predicted molar refractivity (Wildman–Crippen MR) is 64.6 cm³/mol. The second-order valence-corrected chi connectivity index (χ2v) is 4.69. The van der Waals surface area contributed by atoms with Crippen molar-refractivity contribution in [2.75, 3.05) is 32.7 Å². The zero-order valence-electron chi connectivity index (χ0n) is 9.92. The number of hydrogen-bond acceptors (Lipinski definition) is 8. The van der Waals surface area contributed by atoms with Crippen molar-refractivity contribution >= 4 is 16.5 Å². The Morgan fingerprint density at radius 1 is 1.41 bits per heavy atom. The molecule has 0 spiro atoms. The summed E-state index contributed by atoms with van der Waals surface area (Å²) in [7, 11) is 3.41. The Labute approximate surface area is 104 Å². The maximum Gasteiger partial charge on any atom is 0.148 e. The van der Waals surface area contributed by atoms with E-state index in [1.807, 2.05) is 0 Å². The number of aromatic nitrogens is 2. The molecule has 7 nitrogen and oxygen atoms in total. The molecule has 2 unspecified atom stereocenters. The fraction of sp³-hybridized carbons (Fsp3) is 0.778. The number of hydrogen-bond donors (Lipinski definition) is 2. The first kappa shape index (κ1) is 12.7. The Balaban J connectivity index is 1.97. The quantitative estimate of drug-likeness (QED) is 0.553. The van der Waals surface area contributed by atoms with Crippen LogP contribution in [-0.4, -0.2) is 54.0 Å². The minimum atomic E-state index is 0.112. The van der Waals surface area contributed by atoms with Crippen molar-refractivity contribution in [2.24, 2.45) is 5.84 Å². The molecule has 1 aromatic heterocycles. The summed E-state index contributed by atoms with van der Waals surface area (Å²) in [5, 5.41) is 4.86. The normalized spacial score (nSPS) is 25.4. The minimum Gasteiger partial charge on any atom is -0.377 e. The van der Waals surface area contributed by atoms with Crippen LogP contribution >= 0.6 is 11.5 Å². The molecule has 1 aliphatic rings. The van der Waals surface area contributed by atoms with E-state index in [9.17, 15) is 0 Å². The van der Waals surface area contributed by atoms with E-state index in [-0.39, 0.29) is 12.2 Å². The Bertz CT molecular complexity index is 349. The van der Waals surface area contributed by atoms with Crippen molar-refractivity contribution in [3.63, 3.8) is 0 Å². The first-order valence-corrected chi connectivity index (χ1v) is 6.11. The van der Waals surface area contributed by atoms with Gasteiger partial charge < -0.3 is 14.9 Å². The molecule has 0 bridgehead atoms. The van der Waals surface area contributed by atoms with E-state index < -0.39 is 0 Å². The molecule has 0 radical (unpaired) electrons. The molecule has 96 valence electrons. The second kappa shape index (κ2) is 5.69. The zero-order valence-corrected chi connectivity index (χ0v) is 10.7. The highest BCUT2D eigenvalue weighted by atomic mass is 32.1. The molecule has 2 atom stereocenters. The third kappa shape index (κ3) is 2.72. The summed E-state index contributed by atoms with van der Waals surface area (Å²) in [6.45, 7) is 2.36. The number of nitrogen functional groups attached to an aromatic ring is 1. The molecule has 0 amide bonds. The van der Waals surface area contributed by atoms with Crippen LogP contribution in [0.1, 0.15) is 5.69 Å². The van der Waals surface area contributed by atoms with E-state index in [0.29, 0.717) is 6.54 Å². The number of anilines is 1. The molecule has 1 aromatic rings. The average molecular weight is 259 g/mol. The van der Waals surface area contributed by atoms with Crippen LogP contribution in [0, 0.1) is 0 Å². The first-order valence-electron chi connectivity index (χ1n) is 5.34. The minimum absolute atomic E-state index is 0.112. The molecular formula is C9H17N5O2S. The molecule has 1 fully saturated rings. The van der Waals surface area contributed by atoms with Crippen LogP contribution in [0.4, 0.5) is 5.00 Å². The van der Waals surface area contributed by atoms with Gasteiger partial charge >= 0.3 is 0 Å². The molecule has 1 aliphatic heterocycles. The summed E-state index contributed by atoms with van der Waals surface area (Å²) < 4.78 is 14.6. The van der Waals surface area contributed by atoms with Gasteiger partial charge in [0.1, 0.15) is 10.7 Å². The monoisotopic (exact) mass is 259 g/mol. The highest BCUT2D eigenvalue weighted by Crippen LogP contribution is 2.22. The van der Waals surface area contributed by atoms with Gasteiger partial charge in [0.2, 0.25) is 0 Å². The fourth-order valence-electron chi connectivity index (χ4n) is 2.03. The van der Waals surface area contributed by atoms with Crippen LogP contribution < -0.4 is 11.3 Å². The fourth-order valence-corrected chi connectivity index (χ4v) is 2.52. The molecule has 0 saturated carbocycles. The molecule has 0 aliphatic carbocycles. The summed E-state index contributed by atoms with van der Waals surface area (Å²) >= 11 is 1.26. The maximum atomic E-state index is 5.39. The number of nitrogens with two attached hydrogens (primary N) is 1. The van der Waals surface area contributed by atoms with Gasteiger partial charge in [-0.1, -0.05) is 4.49 Å². The predicted octanol–water partition coefficient (Wildman–Crippen LogP) is -0.331. The largest absolute Gasteiger partial charge is 0.377 e. The van der Waals surface area contributed by atoms with E-state index in [1.165, 1.54) is 11.5 Å². The topological polar surface area (TPSA) is 85.5 Å². The Hall–Kier alpha value is -0.800. The first-order chi connectivity index (χ1) is 8.28. The molecule has 2 rings (SSSR count). The van der Waals surface area contributed by atoms with Crippen molar-refractivity contribution in [1.82, 2.24) is 14.5 Å². The van der Waals surface area contributed by atoms with Crippen molar-refractivity contribution in [3.8, 4) is 0 Å². The lowest BCUT2D eigenvalue weighted by atomic mass is 10.3. The molecule has 0 aromatic carbocycles. The lowest BCUT2D eigenvalue weighted by Crippen LogP contribution is -2.27. The Morgan fingerprint density at radius 3 is 2.59 bits per heavy atom. The summed E-state index contributed by atoms with van der Waals surface area (Å²) in [6, 6.07) is 0. The zero-order chi connectivity index (χ0) is 12.3. The number of ether oxygens (including phenoxy) is 2.